The van der Waals surface area contributed by atoms with Gasteiger partial charge in [0, 0.05) is 22.7 Å². The highest BCUT2D eigenvalue weighted by molar-refractivity contribution is 5.98. The van der Waals surface area contributed by atoms with Crippen LogP contribution < -0.4 is 14.8 Å². The number of fused-ring (bicyclic) bond motifs is 1. The van der Waals surface area contributed by atoms with Gasteiger partial charge in [-0.25, -0.2) is 0 Å². The third kappa shape index (κ3) is 5.93. The number of rotatable bonds is 10. The highest BCUT2D eigenvalue weighted by Gasteiger charge is 2.21. The summed E-state index contributed by atoms with van der Waals surface area (Å²) >= 11 is 0. The largest absolute Gasteiger partial charge is 0.496 e. The maximum atomic E-state index is 13.5. The number of amides is 1. The van der Waals surface area contributed by atoms with Gasteiger partial charge in [-0.2, -0.15) is 5.26 Å². The van der Waals surface area contributed by atoms with Crippen molar-refractivity contribution in [2.45, 2.75) is 38.8 Å². The molecule has 0 saturated heterocycles. The smallest absolute Gasteiger partial charge is 0.255 e. The molecule has 1 atom stereocenters. The van der Waals surface area contributed by atoms with E-state index < -0.39 is 6.04 Å². The molecule has 7 heteroatoms. The lowest BCUT2D eigenvalue weighted by molar-refractivity contribution is 0.0910. The molecule has 37 heavy (non-hydrogen) atoms. The Kier molecular flexibility index (Phi) is 8.11. The number of hydrogen-bond acceptors (Lipinski definition) is 5. The van der Waals surface area contributed by atoms with Crippen LogP contribution in [0, 0.1) is 11.3 Å². The Morgan fingerprint density at radius 1 is 1.11 bits per heavy atom. The third-order valence-electron chi connectivity index (χ3n) is 6.14. The van der Waals surface area contributed by atoms with Crippen molar-refractivity contribution in [3.05, 3.63) is 83.6 Å². The number of aromatic nitrogens is 1. The molecule has 4 rings (SSSR count). The van der Waals surface area contributed by atoms with Crippen molar-refractivity contribution < 1.29 is 19.4 Å². The van der Waals surface area contributed by atoms with Crippen LogP contribution in [0.5, 0.6) is 11.5 Å². The van der Waals surface area contributed by atoms with E-state index in [0.717, 1.165) is 33.2 Å². The topological polar surface area (TPSA) is 107 Å². The molecule has 0 saturated carbocycles. The van der Waals surface area contributed by atoms with Gasteiger partial charge in [-0.05, 0) is 67.3 Å². The van der Waals surface area contributed by atoms with Gasteiger partial charge in [0.1, 0.15) is 11.5 Å². The van der Waals surface area contributed by atoms with Gasteiger partial charge in [0.25, 0.3) is 5.91 Å². The van der Waals surface area contributed by atoms with Crippen LogP contribution in [0.25, 0.3) is 22.0 Å². The second-order valence-electron chi connectivity index (χ2n) is 9.16. The number of nitrogens with one attached hydrogen (secondary N) is 2. The molecule has 0 aliphatic rings. The molecule has 1 heterocycles. The van der Waals surface area contributed by atoms with Gasteiger partial charge in [0.2, 0.25) is 0 Å². The number of aliphatic hydroxyl groups excluding tert-OH is 1. The number of carbonyl (C=O) groups excluding carboxylic acids is 1. The summed E-state index contributed by atoms with van der Waals surface area (Å²) in [7, 11) is 1.59. The lowest BCUT2D eigenvalue weighted by Crippen LogP contribution is -2.39. The van der Waals surface area contributed by atoms with Crippen molar-refractivity contribution in [1.29, 1.82) is 5.26 Å². The van der Waals surface area contributed by atoms with Crippen molar-refractivity contribution in [1.82, 2.24) is 10.3 Å². The van der Waals surface area contributed by atoms with Gasteiger partial charge in [-0.1, -0.05) is 30.3 Å². The molecule has 0 bridgehead atoms. The first-order valence-corrected chi connectivity index (χ1v) is 12.2. The van der Waals surface area contributed by atoms with Crippen molar-refractivity contribution in [3.8, 4) is 28.7 Å². The highest BCUT2D eigenvalue weighted by Crippen LogP contribution is 2.34. The van der Waals surface area contributed by atoms with E-state index in [1.807, 2.05) is 68.6 Å². The molecule has 0 spiro atoms. The van der Waals surface area contributed by atoms with Gasteiger partial charge >= 0.3 is 0 Å². The Labute approximate surface area is 216 Å². The summed E-state index contributed by atoms with van der Waals surface area (Å²) in [4.78, 5) is 16.8. The predicted molar refractivity (Wildman–Crippen MR) is 144 cm³/mol. The first-order valence-electron chi connectivity index (χ1n) is 12.2. The minimum Gasteiger partial charge on any atom is -0.496 e. The molecule has 3 aromatic carbocycles. The van der Waals surface area contributed by atoms with E-state index in [-0.39, 0.29) is 25.0 Å². The summed E-state index contributed by atoms with van der Waals surface area (Å²) in [6.07, 6.45) is 2.51. The number of carbonyl (C=O) groups is 1. The number of H-pyrrole nitrogens is 1. The number of methoxy groups -OCH3 is 1. The van der Waals surface area contributed by atoms with Crippen LogP contribution in [0.3, 0.4) is 0 Å². The minimum atomic E-state index is -0.490. The zero-order valence-electron chi connectivity index (χ0n) is 21.2. The van der Waals surface area contributed by atoms with E-state index >= 15 is 0 Å². The first-order chi connectivity index (χ1) is 17.9. The Morgan fingerprint density at radius 2 is 1.89 bits per heavy atom. The number of hydrogen-bond donors (Lipinski definition) is 3. The summed E-state index contributed by atoms with van der Waals surface area (Å²) in [5.74, 6) is 0.744. The molecule has 0 fully saturated rings. The SMILES string of the molecule is COc1ccc(CC#N)cc1-c1ccc(OC(C)C)c(C(=O)N[C@@H](CO)Cc2c[nH]c3ccccc23)c1. The van der Waals surface area contributed by atoms with E-state index in [1.165, 1.54) is 0 Å². The molecule has 190 valence electrons. The maximum Gasteiger partial charge on any atom is 0.255 e. The summed E-state index contributed by atoms with van der Waals surface area (Å²) in [5.41, 5.74) is 4.77. The molecule has 0 unspecified atom stereocenters. The second-order valence-corrected chi connectivity index (χ2v) is 9.16. The molecule has 7 nitrogen and oxygen atoms in total. The molecule has 3 N–H and O–H groups in total. The van der Waals surface area contributed by atoms with E-state index in [0.29, 0.717) is 23.5 Å². The van der Waals surface area contributed by atoms with Crippen LogP contribution in [0.1, 0.15) is 35.3 Å². The van der Waals surface area contributed by atoms with E-state index in [1.54, 1.807) is 19.2 Å². The molecule has 0 aliphatic heterocycles. The lowest BCUT2D eigenvalue weighted by atomic mass is 9.98. The van der Waals surface area contributed by atoms with Crippen molar-refractivity contribution in [2.24, 2.45) is 0 Å². The Hall–Kier alpha value is -4.28. The Balaban J connectivity index is 1.66. The molecule has 4 aromatic rings. The van der Waals surface area contributed by atoms with E-state index in [2.05, 4.69) is 16.4 Å². The summed E-state index contributed by atoms with van der Waals surface area (Å²) in [6, 6.07) is 20.6. The monoisotopic (exact) mass is 497 g/mol. The number of nitriles is 1. The average molecular weight is 498 g/mol. The zero-order valence-corrected chi connectivity index (χ0v) is 21.2. The zero-order chi connectivity index (χ0) is 26.4. The van der Waals surface area contributed by atoms with Crippen LogP contribution in [0.15, 0.2) is 66.9 Å². The minimum absolute atomic E-state index is 0.134. The van der Waals surface area contributed by atoms with Crippen LogP contribution in [-0.2, 0) is 12.8 Å². The Morgan fingerprint density at radius 3 is 2.62 bits per heavy atom. The van der Waals surface area contributed by atoms with E-state index in [4.69, 9.17) is 14.7 Å². The molecule has 1 aromatic heterocycles. The number of ether oxygens (including phenoxy) is 2. The first kappa shape index (κ1) is 25.8. The molecule has 0 radical (unpaired) electrons. The van der Waals surface area contributed by atoms with Gasteiger partial charge in [0.15, 0.2) is 0 Å². The second kappa shape index (κ2) is 11.6. The van der Waals surface area contributed by atoms with Gasteiger partial charge in [0.05, 0.1) is 43.9 Å². The number of para-hydroxylation sites is 1. The molecular formula is C30H31N3O4. The summed E-state index contributed by atoms with van der Waals surface area (Å²) in [5, 5.41) is 23.3. The number of aromatic amines is 1. The fourth-order valence-electron chi connectivity index (χ4n) is 4.40. The quantitative estimate of drug-likeness (QED) is 0.285. The van der Waals surface area contributed by atoms with Gasteiger partial charge in [-0.15, -0.1) is 0 Å². The van der Waals surface area contributed by atoms with Crippen LogP contribution in [-0.4, -0.2) is 41.9 Å². The predicted octanol–water partition coefficient (Wildman–Crippen LogP) is 5.03. The number of aliphatic hydroxyl groups is 1. The van der Waals surface area contributed by atoms with Crippen molar-refractivity contribution in [3.63, 3.8) is 0 Å². The number of nitrogens with zero attached hydrogens (tertiary/aromatic N) is 1. The molecule has 0 aliphatic carbocycles. The van der Waals surface area contributed by atoms with Crippen molar-refractivity contribution >= 4 is 16.8 Å². The van der Waals surface area contributed by atoms with Crippen molar-refractivity contribution in [2.75, 3.05) is 13.7 Å². The number of benzene rings is 3. The fraction of sp³-hybridized carbons (Fsp3) is 0.267. The maximum absolute atomic E-state index is 13.5. The standard InChI is InChI=1S/C30H31N3O4/c1-19(2)37-29-11-9-21(25-14-20(12-13-31)8-10-28(25)36-3)16-26(29)30(35)33-23(18-34)15-22-17-32-27-7-5-4-6-24(22)27/h4-11,14,16-17,19,23,32,34H,12,15,18H2,1-3H3,(H,33,35)/t23-/m1/s1. The molecular weight excluding hydrogens is 466 g/mol. The van der Waals surface area contributed by atoms with Crippen LogP contribution in [0.4, 0.5) is 0 Å². The third-order valence-corrected chi connectivity index (χ3v) is 6.14. The summed E-state index contributed by atoms with van der Waals surface area (Å²) < 4.78 is 11.5. The average Bonchev–Trinajstić information content (AvgIpc) is 3.31. The fourth-order valence-corrected chi connectivity index (χ4v) is 4.40. The lowest BCUT2D eigenvalue weighted by Gasteiger charge is -2.20. The van der Waals surface area contributed by atoms with Gasteiger partial charge < -0.3 is 24.9 Å². The Bertz CT molecular complexity index is 1430. The molecule has 1 amide bonds. The summed E-state index contributed by atoms with van der Waals surface area (Å²) in [6.45, 7) is 3.59. The van der Waals surface area contributed by atoms with Crippen LogP contribution >= 0.6 is 0 Å². The van der Waals surface area contributed by atoms with Gasteiger partial charge in [-0.3, -0.25) is 4.79 Å². The normalized spacial score (nSPS) is 11.8. The van der Waals surface area contributed by atoms with Crippen LogP contribution in [0.2, 0.25) is 0 Å². The van der Waals surface area contributed by atoms with E-state index in [9.17, 15) is 9.90 Å². The highest BCUT2D eigenvalue weighted by atomic mass is 16.5.